The van der Waals surface area contributed by atoms with Crippen LogP contribution in [0.3, 0.4) is 0 Å². The van der Waals surface area contributed by atoms with Gasteiger partial charge in [-0.05, 0) is 46.0 Å². The molecule has 114 valence electrons. The lowest BCUT2D eigenvalue weighted by Crippen LogP contribution is -2.31. The van der Waals surface area contributed by atoms with Crippen molar-refractivity contribution >= 4 is 53.5 Å². The van der Waals surface area contributed by atoms with E-state index in [4.69, 9.17) is 11.6 Å². The van der Waals surface area contributed by atoms with Gasteiger partial charge >= 0.3 is 0 Å². The van der Waals surface area contributed by atoms with Crippen LogP contribution in [0.15, 0.2) is 27.6 Å². The molecule has 0 bridgehead atoms. The molecule has 1 unspecified atom stereocenters. The number of benzene rings is 1. The molecule has 20 heavy (non-hydrogen) atoms. The summed E-state index contributed by atoms with van der Waals surface area (Å²) in [6, 6.07) is 4.54. The van der Waals surface area contributed by atoms with E-state index in [0.717, 1.165) is 6.42 Å². The van der Waals surface area contributed by atoms with Crippen molar-refractivity contribution in [3.8, 4) is 0 Å². The Balaban J connectivity index is 2.73. The summed E-state index contributed by atoms with van der Waals surface area (Å²) < 4.78 is 27.5. The van der Waals surface area contributed by atoms with E-state index in [2.05, 4.69) is 57.4 Å². The summed E-state index contributed by atoms with van der Waals surface area (Å²) in [6.45, 7) is 6.70. The standard InChI is InChI=1S/C13H18Br2ClNO2S/c1-13(2,3)7-9(14)8-17-20(18,19)10-4-5-12(16)11(15)6-10/h4-6,9,17H,7-8H2,1-3H3. The molecule has 7 heteroatoms. The molecule has 1 rings (SSSR count). The number of alkyl halides is 1. The number of halogens is 3. The molecule has 1 atom stereocenters. The molecular formula is C13H18Br2ClNO2S. The second kappa shape index (κ2) is 7.09. The summed E-state index contributed by atoms with van der Waals surface area (Å²) in [5, 5.41) is 0.482. The molecule has 0 amide bonds. The maximum atomic E-state index is 12.2. The van der Waals surface area contributed by atoms with Crippen LogP contribution >= 0.6 is 43.5 Å². The quantitative estimate of drug-likeness (QED) is 0.672. The highest BCUT2D eigenvalue weighted by molar-refractivity contribution is 9.10. The molecule has 3 nitrogen and oxygen atoms in total. The van der Waals surface area contributed by atoms with Gasteiger partial charge in [-0.3, -0.25) is 0 Å². The van der Waals surface area contributed by atoms with Crippen LogP contribution in [0, 0.1) is 5.41 Å². The highest BCUT2D eigenvalue weighted by Gasteiger charge is 2.20. The zero-order chi connectivity index (χ0) is 15.6. The first-order valence-corrected chi connectivity index (χ1v) is 9.67. The van der Waals surface area contributed by atoms with E-state index in [0.29, 0.717) is 16.0 Å². The first-order valence-electron chi connectivity index (χ1n) is 6.10. The van der Waals surface area contributed by atoms with Crippen LogP contribution in [0.4, 0.5) is 0 Å². The van der Waals surface area contributed by atoms with E-state index >= 15 is 0 Å². The lowest BCUT2D eigenvalue weighted by Gasteiger charge is -2.22. The number of hydrogen-bond acceptors (Lipinski definition) is 2. The minimum atomic E-state index is -3.52. The van der Waals surface area contributed by atoms with Crippen molar-refractivity contribution in [2.24, 2.45) is 5.41 Å². The molecule has 0 aliphatic heterocycles. The van der Waals surface area contributed by atoms with E-state index in [1.807, 2.05) is 0 Å². The predicted molar refractivity (Wildman–Crippen MR) is 91.1 cm³/mol. The van der Waals surface area contributed by atoms with E-state index in [-0.39, 0.29) is 15.1 Å². The van der Waals surface area contributed by atoms with Crippen LogP contribution in [0.5, 0.6) is 0 Å². The molecule has 1 N–H and O–H groups in total. The van der Waals surface area contributed by atoms with Crippen LogP contribution in [0.25, 0.3) is 0 Å². The van der Waals surface area contributed by atoms with Gasteiger partial charge in [0, 0.05) is 15.8 Å². The van der Waals surface area contributed by atoms with Gasteiger partial charge in [0.1, 0.15) is 0 Å². The molecule has 0 saturated carbocycles. The first-order chi connectivity index (χ1) is 9.01. The van der Waals surface area contributed by atoms with Gasteiger partial charge in [-0.1, -0.05) is 48.3 Å². The van der Waals surface area contributed by atoms with E-state index in [1.54, 1.807) is 6.07 Å². The van der Waals surface area contributed by atoms with Gasteiger partial charge in [0.2, 0.25) is 10.0 Å². The third-order valence-electron chi connectivity index (χ3n) is 2.53. The van der Waals surface area contributed by atoms with E-state index in [1.165, 1.54) is 12.1 Å². The fraction of sp³-hybridized carbons (Fsp3) is 0.538. The SMILES string of the molecule is CC(C)(C)CC(Br)CNS(=O)(=O)c1ccc(Cl)c(Br)c1. The maximum Gasteiger partial charge on any atom is 0.240 e. The second-order valence-corrected chi connectivity index (χ2v) is 10.1. The first kappa shape index (κ1) is 18.4. The third kappa shape index (κ3) is 6.02. The third-order valence-corrected chi connectivity index (χ3v) is 5.81. The van der Waals surface area contributed by atoms with Crippen molar-refractivity contribution in [3.05, 3.63) is 27.7 Å². The van der Waals surface area contributed by atoms with Crippen molar-refractivity contribution in [3.63, 3.8) is 0 Å². The molecule has 1 aromatic rings. The van der Waals surface area contributed by atoms with Gasteiger partial charge in [-0.25, -0.2) is 13.1 Å². The maximum absolute atomic E-state index is 12.2. The fourth-order valence-electron chi connectivity index (χ4n) is 1.66. The smallest absolute Gasteiger partial charge is 0.210 e. The number of nitrogens with one attached hydrogen (secondary N) is 1. The largest absolute Gasteiger partial charge is 0.240 e. The lowest BCUT2D eigenvalue weighted by molar-refractivity contribution is 0.373. The van der Waals surface area contributed by atoms with E-state index < -0.39 is 10.0 Å². The molecule has 0 heterocycles. The minimum Gasteiger partial charge on any atom is -0.210 e. The highest BCUT2D eigenvalue weighted by Crippen LogP contribution is 2.26. The van der Waals surface area contributed by atoms with Gasteiger partial charge in [0.15, 0.2) is 0 Å². The Morgan fingerprint density at radius 3 is 2.45 bits per heavy atom. The zero-order valence-corrected chi connectivity index (χ0v) is 16.3. The molecule has 0 aliphatic carbocycles. The van der Waals surface area contributed by atoms with E-state index in [9.17, 15) is 8.42 Å². The minimum absolute atomic E-state index is 0.0908. The van der Waals surface area contributed by atoms with Crippen molar-refractivity contribution < 1.29 is 8.42 Å². The Hall–Kier alpha value is 0.380. The van der Waals surface area contributed by atoms with Crippen LogP contribution in [0.2, 0.25) is 5.02 Å². The summed E-state index contributed by atoms with van der Waals surface area (Å²) in [7, 11) is -3.52. The summed E-state index contributed by atoms with van der Waals surface area (Å²) in [6.07, 6.45) is 0.875. The van der Waals surface area contributed by atoms with Crippen LogP contribution in [-0.2, 0) is 10.0 Å². The molecule has 1 aromatic carbocycles. The monoisotopic (exact) mass is 445 g/mol. The normalized spacial score (nSPS) is 14.3. The van der Waals surface area contributed by atoms with Crippen molar-refractivity contribution in [1.29, 1.82) is 0 Å². The Morgan fingerprint density at radius 2 is 1.95 bits per heavy atom. The Labute approximate surface area is 142 Å². The summed E-state index contributed by atoms with van der Waals surface area (Å²) in [5.74, 6) is 0. The molecule has 0 saturated heterocycles. The summed E-state index contributed by atoms with van der Waals surface area (Å²) >= 11 is 12.6. The molecule has 0 spiro atoms. The van der Waals surface area contributed by atoms with Gasteiger partial charge < -0.3 is 0 Å². The summed E-state index contributed by atoms with van der Waals surface area (Å²) in [4.78, 5) is 0.289. The van der Waals surface area contributed by atoms with Gasteiger partial charge in [0.25, 0.3) is 0 Å². The predicted octanol–water partition coefficient (Wildman–Crippen LogP) is 4.58. The lowest BCUT2D eigenvalue weighted by atomic mass is 9.91. The zero-order valence-electron chi connectivity index (χ0n) is 11.6. The average molecular weight is 448 g/mol. The molecule has 0 aromatic heterocycles. The van der Waals surface area contributed by atoms with Crippen LogP contribution in [-0.4, -0.2) is 19.8 Å². The average Bonchev–Trinajstić information content (AvgIpc) is 2.28. The number of hydrogen-bond donors (Lipinski definition) is 1. The molecule has 0 aliphatic rings. The second-order valence-electron chi connectivity index (χ2n) is 5.79. The summed E-state index contributed by atoms with van der Waals surface area (Å²) in [5.41, 5.74) is 0.142. The van der Waals surface area contributed by atoms with Crippen LogP contribution in [0.1, 0.15) is 27.2 Å². The Kier molecular flexibility index (Phi) is 6.54. The number of rotatable bonds is 5. The van der Waals surface area contributed by atoms with Crippen molar-refractivity contribution in [2.75, 3.05) is 6.54 Å². The Morgan fingerprint density at radius 1 is 1.35 bits per heavy atom. The van der Waals surface area contributed by atoms with Gasteiger partial charge in [-0.2, -0.15) is 0 Å². The molecular weight excluding hydrogens is 429 g/mol. The molecule has 0 fully saturated rings. The van der Waals surface area contributed by atoms with Crippen molar-refractivity contribution in [1.82, 2.24) is 4.72 Å². The Bertz CT molecular complexity index is 570. The molecule has 0 radical (unpaired) electrons. The van der Waals surface area contributed by atoms with Gasteiger partial charge in [0.05, 0.1) is 9.92 Å². The highest BCUT2D eigenvalue weighted by atomic mass is 79.9. The van der Waals surface area contributed by atoms with Gasteiger partial charge in [-0.15, -0.1) is 0 Å². The van der Waals surface area contributed by atoms with Crippen molar-refractivity contribution in [2.45, 2.75) is 36.9 Å². The topological polar surface area (TPSA) is 46.2 Å². The van der Waals surface area contributed by atoms with Crippen LogP contribution < -0.4 is 4.72 Å². The number of sulfonamides is 1. The fourth-order valence-corrected chi connectivity index (χ4v) is 4.77.